The first kappa shape index (κ1) is 15.2. The van der Waals surface area contributed by atoms with Gasteiger partial charge in [0, 0.05) is 0 Å². The molecule has 4 heteroatoms. The van der Waals surface area contributed by atoms with Gasteiger partial charge in [-0.05, 0) is 66.3 Å². The van der Waals surface area contributed by atoms with E-state index >= 15 is 0 Å². The number of hydrogen-bond acceptors (Lipinski definition) is 3. The van der Waals surface area contributed by atoms with Crippen LogP contribution >= 0.6 is 0 Å². The second-order valence-corrected chi connectivity index (χ2v) is 9.96. The molecule has 5 rings (SSSR count). The van der Waals surface area contributed by atoms with Gasteiger partial charge >= 0.3 is 0 Å². The van der Waals surface area contributed by atoms with Crippen LogP contribution < -0.4 is 0 Å². The van der Waals surface area contributed by atoms with E-state index < -0.39 is 10.1 Å². The van der Waals surface area contributed by atoms with Gasteiger partial charge in [-0.1, -0.05) is 42.5 Å². The summed E-state index contributed by atoms with van der Waals surface area (Å²) in [5, 5.41) is 0. The van der Waals surface area contributed by atoms with Gasteiger partial charge < -0.3 is 0 Å². The van der Waals surface area contributed by atoms with Gasteiger partial charge in [0.25, 0.3) is 10.1 Å². The Morgan fingerprint density at radius 3 is 2.67 bits per heavy atom. The lowest BCUT2D eigenvalue weighted by Crippen LogP contribution is -2.46. The molecule has 0 saturated heterocycles. The number of benzene rings is 1. The predicted octanol–water partition coefficient (Wildman–Crippen LogP) is 3.42. The van der Waals surface area contributed by atoms with Crippen molar-refractivity contribution in [2.45, 2.75) is 31.8 Å². The molecule has 7 unspecified atom stereocenters. The normalized spacial score (nSPS) is 45.0. The highest BCUT2D eigenvalue weighted by Gasteiger charge is 2.69. The zero-order valence-electron chi connectivity index (χ0n) is 14.0. The maximum absolute atomic E-state index is 11.7. The molecule has 3 fully saturated rings. The van der Waals surface area contributed by atoms with E-state index in [1.165, 1.54) is 18.2 Å². The van der Waals surface area contributed by atoms with Crippen LogP contribution in [0.5, 0.6) is 0 Å². The molecule has 0 aliphatic heterocycles. The Balaban J connectivity index is 1.51. The second-order valence-electron chi connectivity index (χ2n) is 8.36. The van der Waals surface area contributed by atoms with E-state index in [1.807, 2.05) is 0 Å². The summed E-state index contributed by atoms with van der Waals surface area (Å²) in [6, 6.07) is 10.8. The maximum atomic E-state index is 11.7. The first-order chi connectivity index (χ1) is 11.5. The van der Waals surface area contributed by atoms with Crippen LogP contribution in [0.1, 0.15) is 24.8 Å². The Labute approximate surface area is 144 Å². The van der Waals surface area contributed by atoms with Crippen LogP contribution in [0.2, 0.25) is 0 Å². The van der Waals surface area contributed by atoms with Crippen LogP contribution in [0.3, 0.4) is 0 Å². The molecule has 0 amide bonds. The van der Waals surface area contributed by atoms with Crippen molar-refractivity contribution in [1.82, 2.24) is 0 Å². The van der Waals surface area contributed by atoms with Gasteiger partial charge in [-0.15, -0.1) is 0 Å². The van der Waals surface area contributed by atoms with Crippen molar-refractivity contribution in [3.8, 4) is 0 Å². The first-order valence-corrected chi connectivity index (χ1v) is 10.9. The molecule has 0 spiro atoms. The van der Waals surface area contributed by atoms with Gasteiger partial charge in [0.05, 0.1) is 12.4 Å². The molecule has 24 heavy (non-hydrogen) atoms. The van der Waals surface area contributed by atoms with Gasteiger partial charge in [-0.3, -0.25) is 4.18 Å². The minimum atomic E-state index is -3.37. The average molecular weight is 344 g/mol. The van der Waals surface area contributed by atoms with Crippen LogP contribution in [-0.4, -0.2) is 20.8 Å². The van der Waals surface area contributed by atoms with Crippen LogP contribution in [-0.2, 0) is 20.7 Å². The molecule has 0 radical (unpaired) electrons. The van der Waals surface area contributed by atoms with Crippen molar-refractivity contribution in [1.29, 1.82) is 0 Å². The number of rotatable bonds is 4. The summed E-state index contributed by atoms with van der Waals surface area (Å²) >= 11 is 0. The number of fused-ring (bicyclic) bond motifs is 9. The Hall–Kier alpha value is -1.13. The smallest absolute Gasteiger partial charge is 0.264 e. The molecule has 0 aromatic heterocycles. The van der Waals surface area contributed by atoms with Gasteiger partial charge in [0.2, 0.25) is 0 Å². The summed E-state index contributed by atoms with van der Waals surface area (Å²) in [5.74, 6) is 2.90. The number of allylic oxidation sites excluding steroid dienone is 2. The van der Waals surface area contributed by atoms with Crippen LogP contribution in [0.15, 0.2) is 42.5 Å². The zero-order valence-corrected chi connectivity index (χ0v) is 14.8. The lowest BCUT2D eigenvalue weighted by molar-refractivity contribution is 0.00273. The molecule has 128 valence electrons. The maximum Gasteiger partial charge on any atom is 0.264 e. The van der Waals surface area contributed by atoms with Crippen molar-refractivity contribution in [2.75, 3.05) is 6.26 Å². The van der Waals surface area contributed by atoms with Crippen LogP contribution in [0, 0.1) is 35.0 Å². The molecule has 4 aliphatic carbocycles. The van der Waals surface area contributed by atoms with E-state index in [2.05, 4.69) is 42.5 Å². The van der Waals surface area contributed by atoms with Crippen molar-refractivity contribution >= 4 is 10.1 Å². The van der Waals surface area contributed by atoms with E-state index in [-0.39, 0.29) is 6.10 Å². The summed E-state index contributed by atoms with van der Waals surface area (Å²) in [6.45, 7) is 0. The molecule has 3 saturated carbocycles. The molecule has 7 atom stereocenters. The van der Waals surface area contributed by atoms with Crippen molar-refractivity contribution in [3.63, 3.8) is 0 Å². The number of hydrogen-bond donors (Lipinski definition) is 0. The van der Waals surface area contributed by atoms with Crippen LogP contribution in [0.4, 0.5) is 0 Å². The first-order valence-electron chi connectivity index (χ1n) is 9.08. The van der Waals surface area contributed by atoms with Crippen molar-refractivity contribution in [3.05, 3.63) is 48.0 Å². The summed E-state index contributed by atoms with van der Waals surface area (Å²) < 4.78 is 28.8. The minimum absolute atomic E-state index is 0.0911. The molecule has 0 heterocycles. The molecule has 4 bridgehead atoms. The molecule has 4 aliphatic rings. The van der Waals surface area contributed by atoms with Crippen molar-refractivity contribution < 1.29 is 12.6 Å². The monoisotopic (exact) mass is 344 g/mol. The molecule has 1 aromatic carbocycles. The molecule has 3 nitrogen and oxygen atoms in total. The van der Waals surface area contributed by atoms with Gasteiger partial charge in [-0.2, -0.15) is 8.42 Å². The van der Waals surface area contributed by atoms with Crippen molar-refractivity contribution in [2.24, 2.45) is 35.0 Å². The van der Waals surface area contributed by atoms with Gasteiger partial charge in [0.15, 0.2) is 0 Å². The van der Waals surface area contributed by atoms with E-state index in [4.69, 9.17) is 4.18 Å². The summed E-state index contributed by atoms with van der Waals surface area (Å²) in [4.78, 5) is 0. The average Bonchev–Trinajstić information content (AvgIpc) is 3.24. The fraction of sp³-hybridized carbons (Fsp3) is 0.600. The molecule has 0 N–H and O–H groups in total. The highest BCUT2D eigenvalue weighted by Crippen LogP contribution is 2.73. The van der Waals surface area contributed by atoms with Gasteiger partial charge in [-0.25, -0.2) is 0 Å². The standard InChI is InChI=1S/C20H24O3S/c1-24(21,22)23-18-11-16-10-17(18)19-14-7-8-15(9-14)20(16,19)12-13-5-3-2-4-6-13/h2-8,14-19H,9-12H2,1H3. The van der Waals surface area contributed by atoms with E-state index in [1.54, 1.807) is 0 Å². The Morgan fingerprint density at radius 1 is 1.12 bits per heavy atom. The SMILES string of the molecule is CS(=O)(=O)OC1CC2CC1C1C3C=CC(C3)C21Cc1ccccc1. The lowest BCUT2D eigenvalue weighted by Gasteiger charge is -2.47. The molecule has 1 aromatic rings. The lowest BCUT2D eigenvalue weighted by atomic mass is 9.58. The van der Waals surface area contributed by atoms with E-state index in [9.17, 15) is 8.42 Å². The fourth-order valence-corrected chi connectivity index (χ4v) is 7.53. The Kier molecular flexibility index (Phi) is 3.12. The summed E-state index contributed by atoms with van der Waals surface area (Å²) in [6.07, 6.45) is 10.4. The summed E-state index contributed by atoms with van der Waals surface area (Å²) in [7, 11) is -3.37. The third kappa shape index (κ3) is 2.02. The Bertz CT molecular complexity index is 784. The third-order valence-corrected chi connectivity index (χ3v) is 7.91. The van der Waals surface area contributed by atoms with Gasteiger partial charge in [0.1, 0.15) is 0 Å². The minimum Gasteiger partial charge on any atom is -0.267 e. The molecular formula is C20H24O3S. The Morgan fingerprint density at radius 2 is 1.92 bits per heavy atom. The van der Waals surface area contributed by atoms with E-state index in [0.717, 1.165) is 19.3 Å². The predicted molar refractivity (Wildman–Crippen MR) is 92.7 cm³/mol. The van der Waals surface area contributed by atoms with E-state index in [0.29, 0.717) is 35.0 Å². The zero-order chi connectivity index (χ0) is 16.5. The fourth-order valence-electron chi connectivity index (χ4n) is 6.86. The second kappa shape index (κ2) is 4.95. The quantitative estimate of drug-likeness (QED) is 0.477. The molecular weight excluding hydrogens is 320 g/mol. The van der Waals surface area contributed by atoms with Crippen LogP contribution in [0.25, 0.3) is 0 Å². The topological polar surface area (TPSA) is 43.4 Å². The third-order valence-electron chi connectivity index (χ3n) is 7.31. The highest BCUT2D eigenvalue weighted by atomic mass is 32.2. The highest BCUT2D eigenvalue weighted by molar-refractivity contribution is 7.86. The summed E-state index contributed by atoms with van der Waals surface area (Å²) in [5.41, 5.74) is 1.76. The largest absolute Gasteiger partial charge is 0.267 e.